The molecule has 1 aromatic carbocycles. The molecular weight excluding hydrogens is 280 g/mol. The molecule has 0 radical (unpaired) electrons. The second kappa shape index (κ2) is 8.21. The maximum atomic E-state index is 12.0. The van der Waals surface area contributed by atoms with Gasteiger partial charge in [0, 0.05) is 0 Å². The van der Waals surface area contributed by atoms with E-state index in [1.54, 1.807) is 24.3 Å². The molecule has 4 N–H and O–H groups in total. The van der Waals surface area contributed by atoms with Gasteiger partial charge in [0.25, 0.3) is 0 Å². The Bertz CT molecular complexity index is 477. The van der Waals surface area contributed by atoms with Gasteiger partial charge in [0.05, 0.1) is 5.92 Å². The number of carbonyl (C=O) groups is 2. The van der Waals surface area contributed by atoms with Gasteiger partial charge < -0.3 is 20.7 Å². The topological polar surface area (TPSA) is 110 Å². The van der Waals surface area contributed by atoms with E-state index in [9.17, 15) is 14.0 Å². The fourth-order valence-electron chi connectivity index (χ4n) is 1.84. The summed E-state index contributed by atoms with van der Waals surface area (Å²) in [4.78, 5) is 21.8. The predicted molar refractivity (Wildman–Crippen MR) is 73.0 cm³/mol. The molecule has 0 saturated carbocycles. The summed E-state index contributed by atoms with van der Waals surface area (Å²) in [6.07, 6.45) is 0.0183. The molecule has 2 atom stereocenters. The minimum Gasteiger partial charge on any atom is -0.491 e. The Kier molecular flexibility index (Phi) is 6.61. The zero-order valence-electron chi connectivity index (χ0n) is 11.4. The lowest BCUT2D eigenvalue weighted by molar-refractivity contribution is -0.143. The minimum atomic E-state index is -1.23. The van der Waals surface area contributed by atoms with Crippen molar-refractivity contribution in [3.8, 4) is 5.75 Å². The Hall–Kier alpha value is -2.15. The predicted octanol–water partition coefficient (Wildman–Crippen LogP) is 1.08. The standard InChI is InChI=1S/C14H18FNO5/c15-5-6-21-11-3-1-9(2-4-11)7-10(13(17)18)8-12(16)14(19)20/h1-4,10,12H,5-8,16H2,(H,17,18)(H,19,20)/t10?,12-/m0/s1/i15-1. The maximum Gasteiger partial charge on any atom is 0.320 e. The van der Waals surface area contributed by atoms with Gasteiger partial charge in [-0.25, -0.2) is 4.39 Å². The summed E-state index contributed by atoms with van der Waals surface area (Å²) in [5.74, 6) is -2.71. The number of halogens is 1. The largest absolute Gasteiger partial charge is 0.491 e. The fraction of sp³-hybridized carbons (Fsp3) is 0.429. The van der Waals surface area contributed by atoms with Crippen LogP contribution in [0.5, 0.6) is 5.75 Å². The van der Waals surface area contributed by atoms with E-state index in [-0.39, 0.29) is 19.4 Å². The third-order valence-electron chi connectivity index (χ3n) is 2.96. The summed E-state index contributed by atoms with van der Waals surface area (Å²) >= 11 is 0. The van der Waals surface area contributed by atoms with Crippen LogP contribution in [0.1, 0.15) is 12.0 Å². The highest BCUT2D eigenvalue weighted by molar-refractivity contribution is 5.76. The molecule has 0 aliphatic carbocycles. The van der Waals surface area contributed by atoms with Crippen LogP contribution in [0.3, 0.4) is 0 Å². The number of rotatable bonds is 9. The Labute approximate surface area is 121 Å². The first-order valence-electron chi connectivity index (χ1n) is 6.43. The maximum absolute atomic E-state index is 12.0. The molecule has 116 valence electrons. The van der Waals surface area contributed by atoms with Crippen molar-refractivity contribution in [3.05, 3.63) is 29.8 Å². The summed E-state index contributed by atoms with van der Waals surface area (Å²) in [5.41, 5.74) is 6.08. The Morgan fingerprint density at radius 1 is 1.19 bits per heavy atom. The number of nitrogens with two attached hydrogens (primary N) is 1. The molecular formula is C14H18FNO5. The molecule has 0 heterocycles. The van der Waals surface area contributed by atoms with Crippen molar-refractivity contribution < 1.29 is 28.9 Å². The smallest absolute Gasteiger partial charge is 0.320 e. The van der Waals surface area contributed by atoms with Gasteiger partial charge in [-0.3, -0.25) is 9.59 Å². The molecule has 0 aliphatic heterocycles. The van der Waals surface area contributed by atoms with Gasteiger partial charge in [-0.15, -0.1) is 0 Å². The normalized spacial score (nSPS) is 13.4. The molecule has 0 bridgehead atoms. The van der Waals surface area contributed by atoms with Crippen molar-refractivity contribution in [1.29, 1.82) is 0 Å². The van der Waals surface area contributed by atoms with Crippen LogP contribution in [-0.4, -0.2) is 41.5 Å². The average molecular weight is 298 g/mol. The molecule has 0 spiro atoms. The van der Waals surface area contributed by atoms with Crippen LogP contribution >= 0.6 is 0 Å². The molecule has 0 fully saturated rings. The number of carboxylic acid groups (broad SMARTS) is 2. The fourth-order valence-corrected chi connectivity index (χ4v) is 1.84. The highest BCUT2D eigenvalue weighted by Gasteiger charge is 2.24. The second-order valence-corrected chi connectivity index (χ2v) is 4.60. The molecule has 1 unspecified atom stereocenters. The van der Waals surface area contributed by atoms with Crippen molar-refractivity contribution in [2.75, 3.05) is 13.3 Å². The van der Waals surface area contributed by atoms with Gasteiger partial charge in [0.1, 0.15) is 25.1 Å². The van der Waals surface area contributed by atoms with Crippen molar-refractivity contribution >= 4 is 11.9 Å². The summed E-state index contributed by atoms with van der Waals surface area (Å²) in [5, 5.41) is 17.9. The molecule has 1 aromatic rings. The van der Waals surface area contributed by atoms with E-state index in [0.717, 1.165) is 0 Å². The monoisotopic (exact) mass is 298 g/mol. The summed E-state index contributed by atoms with van der Waals surface area (Å²) in [6, 6.07) is 5.34. The first-order valence-corrected chi connectivity index (χ1v) is 6.43. The average Bonchev–Trinajstić information content (AvgIpc) is 2.45. The first-order chi connectivity index (χ1) is 9.93. The number of benzene rings is 1. The van der Waals surface area contributed by atoms with E-state index in [0.29, 0.717) is 11.3 Å². The highest BCUT2D eigenvalue weighted by atomic mass is 18.2. The first kappa shape index (κ1) is 16.9. The van der Waals surface area contributed by atoms with E-state index in [1.165, 1.54) is 0 Å². The van der Waals surface area contributed by atoms with Gasteiger partial charge in [0.2, 0.25) is 0 Å². The highest BCUT2D eigenvalue weighted by Crippen LogP contribution is 2.18. The van der Waals surface area contributed by atoms with Crippen molar-refractivity contribution in [2.24, 2.45) is 11.7 Å². The van der Waals surface area contributed by atoms with Gasteiger partial charge >= 0.3 is 11.9 Å². The molecule has 7 heteroatoms. The van der Waals surface area contributed by atoms with Gasteiger partial charge in [-0.05, 0) is 30.5 Å². The van der Waals surface area contributed by atoms with Crippen LogP contribution in [-0.2, 0) is 16.0 Å². The number of ether oxygens (including phenoxy) is 1. The lowest BCUT2D eigenvalue weighted by Crippen LogP contribution is -2.35. The number of hydrogen-bond acceptors (Lipinski definition) is 4. The van der Waals surface area contributed by atoms with Crippen LogP contribution < -0.4 is 10.5 Å². The Balaban J connectivity index is 2.66. The minimum absolute atomic E-state index is 0.0371. The summed E-state index contributed by atoms with van der Waals surface area (Å²) in [6.45, 7) is -0.625. The molecule has 0 aliphatic rings. The SMILES string of the molecule is N[C@@H](CC(Cc1ccc(OCC[18F])cc1)C(=O)O)C(=O)O. The summed E-state index contributed by atoms with van der Waals surface area (Å²) in [7, 11) is 0. The van der Waals surface area contributed by atoms with Crippen molar-refractivity contribution in [3.63, 3.8) is 0 Å². The lowest BCUT2D eigenvalue weighted by atomic mass is 9.93. The third-order valence-corrected chi connectivity index (χ3v) is 2.96. The molecule has 0 aromatic heterocycles. The number of alkyl halides is 1. The molecule has 0 amide bonds. The lowest BCUT2D eigenvalue weighted by Gasteiger charge is -2.15. The Morgan fingerprint density at radius 2 is 1.81 bits per heavy atom. The van der Waals surface area contributed by atoms with E-state index in [4.69, 9.17) is 20.7 Å². The zero-order chi connectivity index (χ0) is 15.8. The third kappa shape index (κ3) is 5.78. The van der Waals surface area contributed by atoms with Crippen LogP contribution in [0.25, 0.3) is 0 Å². The van der Waals surface area contributed by atoms with Crippen LogP contribution in [0, 0.1) is 5.92 Å². The number of carboxylic acids is 2. The van der Waals surface area contributed by atoms with Crippen LogP contribution in [0.15, 0.2) is 24.3 Å². The molecule has 6 nitrogen and oxygen atoms in total. The molecule has 21 heavy (non-hydrogen) atoms. The number of hydrogen-bond donors (Lipinski definition) is 3. The van der Waals surface area contributed by atoms with Gasteiger partial charge in [-0.2, -0.15) is 0 Å². The second-order valence-electron chi connectivity index (χ2n) is 4.60. The Morgan fingerprint density at radius 3 is 2.29 bits per heavy atom. The van der Waals surface area contributed by atoms with Crippen molar-refractivity contribution in [2.45, 2.75) is 18.9 Å². The molecule has 0 saturated heterocycles. The van der Waals surface area contributed by atoms with E-state index in [2.05, 4.69) is 0 Å². The quantitative estimate of drug-likeness (QED) is 0.629. The van der Waals surface area contributed by atoms with E-state index < -0.39 is 30.6 Å². The zero-order valence-corrected chi connectivity index (χ0v) is 11.4. The van der Waals surface area contributed by atoms with E-state index >= 15 is 0 Å². The van der Waals surface area contributed by atoms with Gasteiger partial charge in [0.15, 0.2) is 0 Å². The van der Waals surface area contributed by atoms with E-state index in [1.807, 2.05) is 0 Å². The van der Waals surface area contributed by atoms with Crippen LogP contribution in [0.2, 0.25) is 0 Å². The molecule has 1 rings (SSSR count). The van der Waals surface area contributed by atoms with Gasteiger partial charge in [-0.1, -0.05) is 12.1 Å². The van der Waals surface area contributed by atoms with Crippen LogP contribution in [0.4, 0.5) is 4.39 Å². The van der Waals surface area contributed by atoms with Crippen molar-refractivity contribution in [1.82, 2.24) is 0 Å². The number of aliphatic carboxylic acids is 2. The summed E-state index contributed by atoms with van der Waals surface area (Å²) < 4.78 is 17.0.